The maximum absolute atomic E-state index is 12.8. The molecule has 6 unspecified atom stereocenters. The van der Waals surface area contributed by atoms with Crippen molar-refractivity contribution in [3.63, 3.8) is 0 Å². The van der Waals surface area contributed by atoms with Crippen molar-refractivity contribution < 1.29 is 56.2 Å². The SMILES string of the molecule is CCC/C=C\CCCCCCCCOCC(COC1OC(CO)C(O)C(OS(=O)(=O)O)C1O)OC(=O)CCCCCCC/C=C\C/C=C\CCCCC. The standard InChI is InChI=1S/C40H72O12S/c1-3-5-7-9-11-13-15-16-17-18-19-21-23-25-27-29-36(42)50-34(32-48-30-28-26-24-22-20-14-12-10-8-6-4-2)33-49-40-38(44)39(52-53(45,46)47)37(43)35(31-41)51-40/h8,10-11,13,16-17,34-35,37-41,43-44H,3-7,9,12,14-15,18-33H2,1-2H3,(H,45,46,47)/b10-8-,13-11-,17-16-. The van der Waals surface area contributed by atoms with E-state index in [-0.39, 0.29) is 19.6 Å². The highest BCUT2D eigenvalue weighted by Gasteiger charge is 2.48. The molecule has 0 saturated carbocycles. The average molecular weight is 777 g/mol. The maximum Gasteiger partial charge on any atom is 0.397 e. The molecular weight excluding hydrogens is 704 g/mol. The van der Waals surface area contributed by atoms with Gasteiger partial charge in [-0.2, -0.15) is 8.42 Å². The molecule has 4 N–H and O–H groups in total. The quantitative estimate of drug-likeness (QED) is 0.0220. The zero-order valence-electron chi connectivity index (χ0n) is 32.6. The minimum atomic E-state index is -5.06. The van der Waals surface area contributed by atoms with E-state index in [9.17, 15) is 28.5 Å². The van der Waals surface area contributed by atoms with Crippen molar-refractivity contribution in [2.45, 2.75) is 185 Å². The van der Waals surface area contributed by atoms with E-state index in [1.54, 1.807) is 0 Å². The topological polar surface area (TPSA) is 178 Å². The number of allylic oxidation sites excluding steroid dienone is 6. The Morgan fingerprint density at radius 2 is 1.28 bits per heavy atom. The molecule has 12 nitrogen and oxygen atoms in total. The van der Waals surface area contributed by atoms with Gasteiger partial charge < -0.3 is 34.3 Å². The molecule has 0 aliphatic carbocycles. The predicted octanol–water partition coefficient (Wildman–Crippen LogP) is 7.46. The van der Waals surface area contributed by atoms with Crippen molar-refractivity contribution in [1.82, 2.24) is 0 Å². The van der Waals surface area contributed by atoms with Crippen LogP contribution in [0.5, 0.6) is 0 Å². The Kier molecular flexibility index (Phi) is 30.3. The van der Waals surface area contributed by atoms with Crippen molar-refractivity contribution >= 4 is 16.4 Å². The molecule has 0 amide bonds. The molecule has 310 valence electrons. The number of aliphatic hydroxyl groups excluding tert-OH is 3. The van der Waals surface area contributed by atoms with Gasteiger partial charge in [0, 0.05) is 13.0 Å². The first-order valence-electron chi connectivity index (χ1n) is 20.2. The molecule has 0 bridgehead atoms. The van der Waals surface area contributed by atoms with Crippen LogP contribution in [0.3, 0.4) is 0 Å². The number of unbranched alkanes of at least 4 members (excludes halogenated alkanes) is 15. The van der Waals surface area contributed by atoms with Crippen molar-refractivity contribution in [2.75, 3.05) is 26.4 Å². The first-order valence-corrected chi connectivity index (χ1v) is 21.6. The summed E-state index contributed by atoms with van der Waals surface area (Å²) in [5, 5.41) is 30.5. The second kappa shape index (κ2) is 32.6. The average Bonchev–Trinajstić information content (AvgIpc) is 3.12. The van der Waals surface area contributed by atoms with Crippen LogP contribution in [0.25, 0.3) is 0 Å². The van der Waals surface area contributed by atoms with Gasteiger partial charge in [0.2, 0.25) is 0 Å². The van der Waals surface area contributed by atoms with Crippen LogP contribution in [-0.4, -0.2) is 97.5 Å². The second-order valence-corrected chi connectivity index (χ2v) is 14.9. The minimum absolute atomic E-state index is 0.0256. The summed E-state index contributed by atoms with van der Waals surface area (Å²) in [5.41, 5.74) is 0. The van der Waals surface area contributed by atoms with E-state index < -0.39 is 59.8 Å². The molecule has 1 aliphatic rings. The highest BCUT2D eigenvalue weighted by molar-refractivity contribution is 7.80. The van der Waals surface area contributed by atoms with Crippen molar-refractivity contribution in [1.29, 1.82) is 0 Å². The third-order valence-electron chi connectivity index (χ3n) is 8.97. The molecule has 0 aromatic carbocycles. The van der Waals surface area contributed by atoms with Gasteiger partial charge in [0.25, 0.3) is 0 Å². The second-order valence-electron chi connectivity index (χ2n) is 13.9. The molecular formula is C40H72O12S. The Morgan fingerprint density at radius 3 is 1.89 bits per heavy atom. The Labute approximate surface area is 320 Å². The zero-order chi connectivity index (χ0) is 39.0. The Hall–Kier alpha value is -1.68. The van der Waals surface area contributed by atoms with E-state index in [4.69, 9.17) is 23.5 Å². The zero-order valence-corrected chi connectivity index (χ0v) is 33.4. The van der Waals surface area contributed by atoms with Crippen LogP contribution in [0, 0.1) is 0 Å². The lowest BCUT2D eigenvalue weighted by molar-refractivity contribution is -0.301. The predicted molar refractivity (Wildman–Crippen MR) is 207 cm³/mol. The van der Waals surface area contributed by atoms with Crippen molar-refractivity contribution in [2.24, 2.45) is 0 Å². The van der Waals surface area contributed by atoms with Gasteiger partial charge in [0.1, 0.15) is 30.5 Å². The van der Waals surface area contributed by atoms with E-state index in [2.05, 4.69) is 54.5 Å². The molecule has 0 aromatic heterocycles. The highest BCUT2D eigenvalue weighted by Crippen LogP contribution is 2.26. The van der Waals surface area contributed by atoms with Gasteiger partial charge in [0.05, 0.1) is 19.8 Å². The van der Waals surface area contributed by atoms with E-state index in [1.807, 2.05) is 0 Å². The van der Waals surface area contributed by atoms with Gasteiger partial charge in [0.15, 0.2) is 6.29 Å². The fourth-order valence-electron chi connectivity index (χ4n) is 5.88. The maximum atomic E-state index is 12.8. The first kappa shape index (κ1) is 49.3. The van der Waals surface area contributed by atoms with Crippen molar-refractivity contribution in [3.05, 3.63) is 36.5 Å². The normalized spacial score (nSPS) is 21.7. The molecule has 0 aromatic rings. The van der Waals surface area contributed by atoms with Crippen LogP contribution < -0.4 is 0 Å². The molecule has 1 saturated heterocycles. The van der Waals surface area contributed by atoms with Gasteiger partial charge in [-0.1, -0.05) is 115 Å². The monoisotopic (exact) mass is 776 g/mol. The third kappa shape index (κ3) is 26.7. The van der Waals surface area contributed by atoms with Gasteiger partial charge in [-0.15, -0.1) is 0 Å². The number of aliphatic hydroxyl groups is 3. The summed E-state index contributed by atoms with van der Waals surface area (Å²) >= 11 is 0. The van der Waals surface area contributed by atoms with Gasteiger partial charge >= 0.3 is 16.4 Å². The summed E-state index contributed by atoms with van der Waals surface area (Å²) in [7, 11) is -5.06. The number of rotatable bonds is 34. The molecule has 0 spiro atoms. The van der Waals surface area contributed by atoms with Crippen LogP contribution in [0.15, 0.2) is 36.5 Å². The number of carbonyl (C=O) groups excluding carboxylic acids is 1. The number of carbonyl (C=O) groups is 1. The number of ether oxygens (including phenoxy) is 4. The van der Waals surface area contributed by atoms with Crippen LogP contribution >= 0.6 is 0 Å². The fourth-order valence-corrected chi connectivity index (χ4v) is 6.39. The summed E-state index contributed by atoms with van der Waals surface area (Å²) in [6.07, 6.45) is 26.1. The summed E-state index contributed by atoms with van der Waals surface area (Å²) < 4.78 is 58.8. The molecule has 53 heavy (non-hydrogen) atoms. The third-order valence-corrected chi connectivity index (χ3v) is 9.43. The molecule has 1 aliphatic heterocycles. The van der Waals surface area contributed by atoms with E-state index in [0.717, 1.165) is 77.0 Å². The van der Waals surface area contributed by atoms with E-state index >= 15 is 0 Å². The smallest absolute Gasteiger partial charge is 0.397 e. The van der Waals surface area contributed by atoms with Gasteiger partial charge in [-0.3, -0.25) is 9.35 Å². The molecule has 1 heterocycles. The number of hydrogen-bond donors (Lipinski definition) is 4. The van der Waals surface area contributed by atoms with E-state index in [0.29, 0.717) is 13.0 Å². The largest absolute Gasteiger partial charge is 0.457 e. The number of esters is 1. The lowest BCUT2D eigenvalue weighted by Gasteiger charge is -2.41. The Bertz CT molecular complexity index is 1080. The first-order chi connectivity index (χ1) is 25.6. The van der Waals surface area contributed by atoms with E-state index in [1.165, 1.54) is 44.9 Å². The Balaban J connectivity index is 2.50. The molecule has 13 heteroatoms. The summed E-state index contributed by atoms with van der Waals surface area (Å²) in [6.45, 7) is 3.85. The molecule has 0 radical (unpaired) electrons. The molecule has 6 atom stereocenters. The molecule has 1 fully saturated rings. The van der Waals surface area contributed by atoms with Crippen LogP contribution in [0.4, 0.5) is 0 Å². The summed E-state index contributed by atoms with van der Waals surface area (Å²) in [4.78, 5) is 12.8. The summed E-state index contributed by atoms with van der Waals surface area (Å²) in [6, 6.07) is 0. The number of hydrogen-bond acceptors (Lipinski definition) is 11. The fraction of sp³-hybridized carbons (Fsp3) is 0.825. The van der Waals surface area contributed by atoms with Crippen LogP contribution in [-0.2, 0) is 38.3 Å². The summed E-state index contributed by atoms with van der Waals surface area (Å²) in [5.74, 6) is -0.418. The minimum Gasteiger partial charge on any atom is -0.457 e. The van der Waals surface area contributed by atoms with Crippen molar-refractivity contribution in [3.8, 4) is 0 Å². The van der Waals surface area contributed by atoms with Crippen LogP contribution in [0.2, 0.25) is 0 Å². The Morgan fingerprint density at radius 1 is 0.717 bits per heavy atom. The van der Waals surface area contributed by atoms with Gasteiger partial charge in [-0.05, 0) is 64.2 Å². The highest BCUT2D eigenvalue weighted by atomic mass is 32.3. The van der Waals surface area contributed by atoms with Crippen LogP contribution in [0.1, 0.15) is 149 Å². The molecule has 1 rings (SSSR count). The lowest BCUT2D eigenvalue weighted by atomic mass is 9.99. The lowest BCUT2D eigenvalue weighted by Crippen LogP contribution is -2.60. The van der Waals surface area contributed by atoms with Gasteiger partial charge in [-0.25, -0.2) is 4.18 Å².